The van der Waals surface area contributed by atoms with Crippen molar-refractivity contribution in [2.45, 2.75) is 58.8 Å². The van der Waals surface area contributed by atoms with Gasteiger partial charge in [0.1, 0.15) is 0 Å². The van der Waals surface area contributed by atoms with Crippen LogP contribution in [0.5, 0.6) is 0 Å². The lowest BCUT2D eigenvalue weighted by Crippen LogP contribution is -2.56. The first-order chi connectivity index (χ1) is 9.71. The number of nitrogens with zero attached hydrogens (tertiary/aromatic N) is 1. The molecule has 0 spiro atoms. The maximum atomic E-state index is 12.5. The van der Waals surface area contributed by atoms with Gasteiger partial charge in [-0.3, -0.25) is 0 Å². The Morgan fingerprint density at radius 2 is 1.86 bits per heavy atom. The third-order valence-electron chi connectivity index (χ3n) is 4.53. The van der Waals surface area contributed by atoms with E-state index in [-0.39, 0.29) is 36.1 Å². The summed E-state index contributed by atoms with van der Waals surface area (Å²) >= 11 is 0. The molecule has 2 fully saturated rings. The van der Waals surface area contributed by atoms with Crippen molar-refractivity contribution in [2.24, 2.45) is 5.41 Å². The fourth-order valence-corrected chi connectivity index (χ4v) is 4.60. The zero-order chi connectivity index (χ0) is 15.7. The van der Waals surface area contributed by atoms with E-state index in [0.29, 0.717) is 19.6 Å². The number of piperidine rings is 1. The van der Waals surface area contributed by atoms with Crippen LogP contribution in [0, 0.1) is 5.41 Å². The van der Waals surface area contributed by atoms with Gasteiger partial charge in [0.2, 0.25) is 0 Å². The first-order valence-corrected chi connectivity index (χ1v) is 9.28. The molecule has 0 aliphatic carbocycles. The number of hydrogen-bond acceptors (Lipinski definition) is 4. The van der Waals surface area contributed by atoms with Gasteiger partial charge in [0.05, 0.1) is 12.2 Å². The standard InChI is InChI=1S/C14H29N3O3S.ClH/c1-11-9-17(10-12(2)20-11)21(18,19)16-8-13-14(3,4)6-5-7-15-13;/h11-13,15-16H,5-10H2,1-4H3;1H. The van der Waals surface area contributed by atoms with E-state index in [9.17, 15) is 8.42 Å². The van der Waals surface area contributed by atoms with Crippen LogP contribution in [0.25, 0.3) is 0 Å². The van der Waals surface area contributed by atoms with Crippen LogP contribution < -0.4 is 10.0 Å². The molecule has 2 rings (SSSR count). The van der Waals surface area contributed by atoms with Gasteiger partial charge in [0.25, 0.3) is 10.2 Å². The summed E-state index contributed by atoms with van der Waals surface area (Å²) in [4.78, 5) is 0. The molecule has 0 aromatic carbocycles. The highest BCUT2D eigenvalue weighted by Crippen LogP contribution is 2.29. The Hall–Kier alpha value is 0.0800. The lowest BCUT2D eigenvalue weighted by atomic mass is 9.78. The van der Waals surface area contributed by atoms with Crippen molar-refractivity contribution in [1.82, 2.24) is 14.3 Å². The molecule has 2 N–H and O–H groups in total. The number of halogens is 1. The van der Waals surface area contributed by atoms with Gasteiger partial charge in [-0.2, -0.15) is 12.7 Å². The van der Waals surface area contributed by atoms with Crippen LogP contribution >= 0.6 is 12.4 Å². The third-order valence-corrected chi connectivity index (χ3v) is 6.04. The number of ether oxygens (including phenoxy) is 1. The molecule has 0 bridgehead atoms. The van der Waals surface area contributed by atoms with Crippen LogP contribution in [0.2, 0.25) is 0 Å². The van der Waals surface area contributed by atoms with Crippen molar-refractivity contribution in [1.29, 1.82) is 0 Å². The van der Waals surface area contributed by atoms with Crippen molar-refractivity contribution in [3.05, 3.63) is 0 Å². The van der Waals surface area contributed by atoms with Crippen molar-refractivity contribution in [3.8, 4) is 0 Å². The van der Waals surface area contributed by atoms with Gasteiger partial charge in [0, 0.05) is 25.7 Å². The average Bonchev–Trinajstić information content (AvgIpc) is 2.36. The summed E-state index contributed by atoms with van der Waals surface area (Å²) in [5, 5.41) is 3.43. The predicted molar refractivity (Wildman–Crippen MR) is 90.6 cm³/mol. The monoisotopic (exact) mass is 355 g/mol. The topological polar surface area (TPSA) is 70.7 Å². The van der Waals surface area contributed by atoms with Crippen LogP contribution in [0.1, 0.15) is 40.5 Å². The molecule has 3 unspecified atom stereocenters. The summed E-state index contributed by atoms with van der Waals surface area (Å²) < 4.78 is 34.8. The number of nitrogens with one attached hydrogen (secondary N) is 2. The molecule has 2 aliphatic rings. The molecule has 8 heteroatoms. The van der Waals surface area contributed by atoms with Crippen LogP contribution in [0.15, 0.2) is 0 Å². The van der Waals surface area contributed by atoms with Crippen LogP contribution in [0.4, 0.5) is 0 Å². The van der Waals surface area contributed by atoms with Gasteiger partial charge in [-0.05, 0) is 38.6 Å². The van der Waals surface area contributed by atoms with E-state index in [1.807, 2.05) is 13.8 Å². The smallest absolute Gasteiger partial charge is 0.279 e. The molecule has 22 heavy (non-hydrogen) atoms. The van der Waals surface area contributed by atoms with E-state index >= 15 is 0 Å². The Bertz CT molecular complexity index is 448. The lowest BCUT2D eigenvalue weighted by Gasteiger charge is -2.40. The van der Waals surface area contributed by atoms with E-state index in [1.165, 1.54) is 4.31 Å². The molecule has 0 amide bonds. The summed E-state index contributed by atoms with van der Waals surface area (Å²) in [6.45, 7) is 10.4. The van der Waals surface area contributed by atoms with E-state index in [2.05, 4.69) is 23.9 Å². The Morgan fingerprint density at radius 1 is 1.27 bits per heavy atom. The molecule has 0 aromatic heterocycles. The zero-order valence-electron chi connectivity index (χ0n) is 14.0. The Kier molecular flexibility index (Phi) is 7.11. The van der Waals surface area contributed by atoms with Crippen molar-refractivity contribution < 1.29 is 13.2 Å². The van der Waals surface area contributed by atoms with Gasteiger partial charge in [0.15, 0.2) is 0 Å². The second kappa shape index (κ2) is 7.77. The molecule has 6 nitrogen and oxygen atoms in total. The second-order valence-corrected chi connectivity index (χ2v) is 8.78. The first kappa shape index (κ1) is 20.1. The number of hydrogen-bond donors (Lipinski definition) is 2. The Balaban J connectivity index is 0.00000242. The molecular weight excluding hydrogens is 326 g/mol. The Labute approximate surface area is 140 Å². The van der Waals surface area contributed by atoms with E-state index in [4.69, 9.17) is 4.74 Å². The first-order valence-electron chi connectivity index (χ1n) is 7.84. The third kappa shape index (κ3) is 5.04. The van der Waals surface area contributed by atoms with E-state index < -0.39 is 10.2 Å². The zero-order valence-corrected chi connectivity index (χ0v) is 15.6. The molecular formula is C14H30ClN3O3S. The fraction of sp³-hybridized carbons (Fsp3) is 1.00. The fourth-order valence-electron chi connectivity index (χ4n) is 3.23. The summed E-state index contributed by atoms with van der Waals surface area (Å²) in [6.07, 6.45) is 2.15. The van der Waals surface area contributed by atoms with Gasteiger partial charge in [-0.25, -0.2) is 4.72 Å². The van der Waals surface area contributed by atoms with Crippen molar-refractivity contribution in [3.63, 3.8) is 0 Å². The summed E-state index contributed by atoms with van der Waals surface area (Å²) in [5.41, 5.74) is 0.117. The minimum absolute atomic E-state index is 0. The van der Waals surface area contributed by atoms with Crippen molar-refractivity contribution in [2.75, 3.05) is 26.2 Å². The second-order valence-electron chi connectivity index (χ2n) is 7.03. The highest BCUT2D eigenvalue weighted by atomic mass is 35.5. The minimum Gasteiger partial charge on any atom is -0.373 e. The molecule has 2 saturated heterocycles. The van der Waals surface area contributed by atoms with Crippen LogP contribution in [-0.4, -0.2) is 57.2 Å². The minimum atomic E-state index is -3.44. The lowest BCUT2D eigenvalue weighted by molar-refractivity contribution is -0.0444. The van der Waals surface area contributed by atoms with Gasteiger partial charge >= 0.3 is 0 Å². The number of morpholine rings is 1. The van der Waals surface area contributed by atoms with Gasteiger partial charge in [-0.15, -0.1) is 12.4 Å². The van der Waals surface area contributed by atoms with E-state index in [1.54, 1.807) is 0 Å². The summed E-state index contributed by atoms with van der Waals surface area (Å²) in [6, 6.07) is 0.178. The Morgan fingerprint density at radius 3 is 2.41 bits per heavy atom. The van der Waals surface area contributed by atoms with E-state index in [0.717, 1.165) is 19.4 Å². The quantitative estimate of drug-likeness (QED) is 0.793. The SMILES string of the molecule is CC1CN(S(=O)(=O)NCC2NCCCC2(C)C)CC(C)O1.Cl. The van der Waals surface area contributed by atoms with Gasteiger partial charge in [-0.1, -0.05) is 13.8 Å². The molecule has 2 aliphatic heterocycles. The molecule has 132 valence electrons. The van der Waals surface area contributed by atoms with Crippen LogP contribution in [0.3, 0.4) is 0 Å². The largest absolute Gasteiger partial charge is 0.373 e. The average molecular weight is 356 g/mol. The highest BCUT2D eigenvalue weighted by molar-refractivity contribution is 7.87. The van der Waals surface area contributed by atoms with Gasteiger partial charge < -0.3 is 10.1 Å². The molecule has 0 radical (unpaired) electrons. The van der Waals surface area contributed by atoms with Crippen molar-refractivity contribution >= 4 is 22.6 Å². The predicted octanol–water partition coefficient (Wildman–Crippen LogP) is 1.13. The maximum Gasteiger partial charge on any atom is 0.279 e. The molecule has 0 saturated carbocycles. The summed E-state index contributed by atoms with van der Waals surface area (Å²) in [5.74, 6) is 0. The highest BCUT2D eigenvalue weighted by Gasteiger charge is 2.35. The molecule has 0 aromatic rings. The molecule has 2 heterocycles. The number of rotatable bonds is 4. The normalized spacial score (nSPS) is 33.2. The van der Waals surface area contributed by atoms with Crippen LogP contribution in [-0.2, 0) is 14.9 Å². The summed E-state index contributed by atoms with van der Waals surface area (Å²) in [7, 11) is -3.44. The molecule has 3 atom stereocenters. The maximum absolute atomic E-state index is 12.5.